The number of nitrogens with one attached hydrogen (secondary N) is 2. The van der Waals surface area contributed by atoms with Gasteiger partial charge in [0.2, 0.25) is 5.95 Å². The number of aliphatic hydroxyl groups is 1. The molecule has 1 aliphatic carbocycles. The highest BCUT2D eigenvalue weighted by molar-refractivity contribution is 5.45. The van der Waals surface area contributed by atoms with E-state index in [9.17, 15) is 5.11 Å². The summed E-state index contributed by atoms with van der Waals surface area (Å²) in [5, 5.41) is 15.7. The van der Waals surface area contributed by atoms with Gasteiger partial charge < -0.3 is 15.7 Å². The molecule has 0 aliphatic heterocycles. The van der Waals surface area contributed by atoms with Crippen molar-refractivity contribution in [3.05, 3.63) is 47.2 Å². The quantitative estimate of drug-likeness (QED) is 0.733. The lowest BCUT2D eigenvalue weighted by molar-refractivity contribution is 0.281. The van der Waals surface area contributed by atoms with Crippen LogP contribution >= 0.6 is 0 Å². The Balaban J connectivity index is 1.73. The Morgan fingerprint density at radius 1 is 1.22 bits per heavy atom. The van der Waals surface area contributed by atoms with Gasteiger partial charge in [-0.3, -0.25) is 0 Å². The molecule has 1 aliphatic rings. The molecule has 2 aromatic rings. The first-order chi connectivity index (χ1) is 11.1. The van der Waals surface area contributed by atoms with Crippen LogP contribution in [0.2, 0.25) is 0 Å². The van der Waals surface area contributed by atoms with E-state index in [0.717, 1.165) is 18.1 Å². The van der Waals surface area contributed by atoms with Gasteiger partial charge >= 0.3 is 0 Å². The third-order valence-corrected chi connectivity index (χ3v) is 3.99. The van der Waals surface area contributed by atoms with Crippen LogP contribution < -0.4 is 10.6 Å². The second-order valence-corrected chi connectivity index (χ2v) is 6.34. The topological polar surface area (TPSA) is 70.1 Å². The lowest BCUT2D eigenvalue weighted by Crippen LogP contribution is -2.21. The predicted octanol–water partition coefficient (Wildman–Crippen LogP) is 3.07. The Morgan fingerprint density at radius 2 is 1.96 bits per heavy atom. The minimum atomic E-state index is -0.0607. The van der Waals surface area contributed by atoms with Crippen LogP contribution in [0.3, 0.4) is 0 Å². The molecule has 5 nitrogen and oxygen atoms in total. The van der Waals surface area contributed by atoms with Crippen LogP contribution in [-0.4, -0.2) is 27.7 Å². The summed E-state index contributed by atoms with van der Waals surface area (Å²) in [6, 6.07) is 10.5. The zero-order valence-electron chi connectivity index (χ0n) is 13.7. The van der Waals surface area contributed by atoms with E-state index in [-0.39, 0.29) is 12.6 Å². The zero-order valence-corrected chi connectivity index (χ0v) is 13.7. The van der Waals surface area contributed by atoms with Crippen molar-refractivity contribution in [2.45, 2.75) is 45.2 Å². The van der Waals surface area contributed by atoms with Crippen molar-refractivity contribution in [1.29, 1.82) is 0 Å². The van der Waals surface area contributed by atoms with Crippen molar-refractivity contribution in [2.24, 2.45) is 0 Å². The van der Waals surface area contributed by atoms with Gasteiger partial charge in [0.1, 0.15) is 5.82 Å². The van der Waals surface area contributed by atoms with Crippen molar-refractivity contribution < 1.29 is 5.11 Å². The molecule has 23 heavy (non-hydrogen) atoms. The van der Waals surface area contributed by atoms with Crippen LogP contribution in [0.5, 0.6) is 0 Å². The second-order valence-electron chi connectivity index (χ2n) is 6.34. The summed E-state index contributed by atoms with van der Waals surface area (Å²) in [4.78, 5) is 9.10. The summed E-state index contributed by atoms with van der Waals surface area (Å²) in [6.45, 7) is 4.79. The first-order valence-corrected chi connectivity index (χ1v) is 8.20. The molecule has 0 saturated heterocycles. The molecule has 1 aromatic carbocycles. The zero-order chi connectivity index (χ0) is 16.2. The lowest BCUT2D eigenvalue weighted by Gasteiger charge is -2.14. The number of hydrogen-bond donors (Lipinski definition) is 3. The molecule has 3 N–H and O–H groups in total. The SMILES string of the molecule is Cc1ccc(CNc2cc(C3CC3)nc(N[C@H](C)CO)n2)cc1. The Morgan fingerprint density at radius 3 is 2.61 bits per heavy atom. The molecule has 1 heterocycles. The Bertz CT molecular complexity index is 653. The molecular weight excluding hydrogens is 288 g/mol. The smallest absolute Gasteiger partial charge is 0.225 e. The third kappa shape index (κ3) is 4.42. The Kier molecular flexibility index (Phi) is 4.76. The molecule has 0 bridgehead atoms. The van der Waals surface area contributed by atoms with Gasteiger partial charge in [0.25, 0.3) is 0 Å². The average molecular weight is 312 g/mol. The van der Waals surface area contributed by atoms with Gasteiger partial charge in [0.15, 0.2) is 0 Å². The van der Waals surface area contributed by atoms with Crippen molar-refractivity contribution in [2.75, 3.05) is 17.2 Å². The first-order valence-electron chi connectivity index (χ1n) is 8.20. The maximum atomic E-state index is 9.20. The van der Waals surface area contributed by atoms with Crippen molar-refractivity contribution in [1.82, 2.24) is 9.97 Å². The normalized spacial score (nSPS) is 15.3. The van der Waals surface area contributed by atoms with Crippen LogP contribution in [0.4, 0.5) is 11.8 Å². The molecule has 0 radical (unpaired) electrons. The van der Waals surface area contributed by atoms with Gasteiger partial charge in [-0.05, 0) is 32.3 Å². The van der Waals surface area contributed by atoms with Crippen LogP contribution in [0.25, 0.3) is 0 Å². The Labute approximate surface area is 137 Å². The first kappa shape index (κ1) is 15.7. The molecule has 1 atom stereocenters. The number of anilines is 2. The van der Waals surface area contributed by atoms with Crippen LogP contribution in [0, 0.1) is 6.92 Å². The second kappa shape index (κ2) is 6.96. The van der Waals surface area contributed by atoms with E-state index in [0.29, 0.717) is 11.9 Å². The molecule has 1 saturated carbocycles. The molecule has 5 heteroatoms. The van der Waals surface area contributed by atoms with Gasteiger partial charge in [0.05, 0.1) is 12.3 Å². The molecule has 3 rings (SSSR count). The monoisotopic (exact) mass is 312 g/mol. The molecule has 122 valence electrons. The summed E-state index contributed by atoms with van der Waals surface area (Å²) >= 11 is 0. The molecular formula is C18H24N4O. The molecule has 0 amide bonds. The lowest BCUT2D eigenvalue weighted by atomic mass is 10.1. The maximum absolute atomic E-state index is 9.20. The minimum absolute atomic E-state index is 0.0587. The van der Waals surface area contributed by atoms with Gasteiger partial charge in [-0.25, -0.2) is 4.98 Å². The molecule has 1 fully saturated rings. The molecule has 0 unspecified atom stereocenters. The Hall–Kier alpha value is -2.14. The number of benzene rings is 1. The van der Waals surface area contributed by atoms with E-state index >= 15 is 0 Å². The van der Waals surface area contributed by atoms with E-state index in [1.165, 1.54) is 24.0 Å². The van der Waals surface area contributed by atoms with Gasteiger partial charge in [-0.2, -0.15) is 4.98 Å². The fraction of sp³-hybridized carbons (Fsp3) is 0.444. The van der Waals surface area contributed by atoms with Gasteiger partial charge in [-0.1, -0.05) is 29.8 Å². The standard InChI is InChI=1S/C18H24N4O/c1-12-3-5-14(6-4-12)10-19-17-9-16(15-7-8-15)21-18(22-17)20-13(2)11-23/h3-6,9,13,15,23H,7-8,10-11H2,1-2H3,(H2,19,20,21,22)/t13-/m1/s1. The number of hydrogen-bond acceptors (Lipinski definition) is 5. The summed E-state index contributed by atoms with van der Waals surface area (Å²) in [7, 11) is 0. The van der Waals surface area contributed by atoms with E-state index in [1.807, 2.05) is 13.0 Å². The summed E-state index contributed by atoms with van der Waals surface area (Å²) in [5.41, 5.74) is 3.57. The highest BCUT2D eigenvalue weighted by Gasteiger charge is 2.26. The fourth-order valence-electron chi connectivity index (χ4n) is 2.37. The number of rotatable bonds is 7. The number of aromatic nitrogens is 2. The fourth-order valence-corrected chi connectivity index (χ4v) is 2.37. The van der Waals surface area contributed by atoms with E-state index in [1.54, 1.807) is 0 Å². The van der Waals surface area contributed by atoms with Crippen LogP contribution in [0.15, 0.2) is 30.3 Å². The van der Waals surface area contributed by atoms with Crippen LogP contribution in [0.1, 0.15) is 42.5 Å². The van der Waals surface area contributed by atoms with E-state index in [4.69, 9.17) is 0 Å². The highest BCUT2D eigenvalue weighted by Crippen LogP contribution is 2.39. The number of aryl methyl sites for hydroxylation is 1. The number of aliphatic hydroxyl groups excluding tert-OH is 1. The largest absolute Gasteiger partial charge is 0.394 e. The van der Waals surface area contributed by atoms with E-state index < -0.39 is 0 Å². The predicted molar refractivity (Wildman–Crippen MR) is 92.7 cm³/mol. The van der Waals surface area contributed by atoms with Crippen molar-refractivity contribution in [3.63, 3.8) is 0 Å². The van der Waals surface area contributed by atoms with E-state index in [2.05, 4.69) is 51.8 Å². The summed E-state index contributed by atoms with van der Waals surface area (Å²) in [6.07, 6.45) is 2.40. The maximum Gasteiger partial charge on any atom is 0.225 e. The highest BCUT2D eigenvalue weighted by atomic mass is 16.3. The summed E-state index contributed by atoms with van der Waals surface area (Å²) < 4.78 is 0. The minimum Gasteiger partial charge on any atom is -0.394 e. The van der Waals surface area contributed by atoms with Gasteiger partial charge in [-0.15, -0.1) is 0 Å². The molecule has 0 spiro atoms. The summed E-state index contributed by atoms with van der Waals surface area (Å²) in [5.74, 6) is 1.97. The third-order valence-electron chi connectivity index (χ3n) is 3.99. The van der Waals surface area contributed by atoms with Crippen LogP contribution in [-0.2, 0) is 6.54 Å². The van der Waals surface area contributed by atoms with Gasteiger partial charge in [0, 0.05) is 24.6 Å². The van der Waals surface area contributed by atoms with Crippen molar-refractivity contribution in [3.8, 4) is 0 Å². The number of nitrogens with zero attached hydrogens (tertiary/aromatic N) is 2. The average Bonchev–Trinajstić information content (AvgIpc) is 3.39. The molecule has 1 aromatic heterocycles. The van der Waals surface area contributed by atoms with Crippen molar-refractivity contribution >= 4 is 11.8 Å².